The molecule has 0 N–H and O–H groups in total. The predicted octanol–water partition coefficient (Wildman–Crippen LogP) is 17.6. The molecule has 0 saturated carbocycles. The second-order valence-electron chi connectivity index (χ2n) is 17.8. The zero-order chi connectivity index (χ0) is 46.0. The summed E-state index contributed by atoms with van der Waals surface area (Å²) in [5, 5.41) is 0. The maximum absolute atomic E-state index is 6.47. The van der Waals surface area contributed by atoms with Gasteiger partial charge in [0, 0.05) is 22.3 Å². The second-order valence-corrected chi connectivity index (χ2v) is 17.8. The van der Waals surface area contributed by atoms with E-state index in [0.717, 1.165) is 107 Å². The number of benzene rings is 3. The van der Waals surface area contributed by atoms with Crippen LogP contribution in [0.4, 0.5) is 0 Å². The van der Waals surface area contributed by atoms with E-state index in [1.807, 2.05) is 0 Å². The average molecular weight is 883 g/mol. The molecule has 0 bridgehead atoms. The standard InChI is InChI=1S/C58H90O6/c1-9-13-17-21-25-29-37-61-53-43-51(57(41-47(53)5)63-39-31-27-23-19-15-11-3)35-33-49-45-56(60-8)50(46-55(49)59-7)34-36-52-44-54(62-38-30-26-22-18-14-10-2)48(6)42-58(52)64-40-32-28-24-20-16-12-4/h33-36,41-46H,9-32,37-40H2,1-8H3/b35-33+,36-34+. The lowest BCUT2D eigenvalue weighted by Crippen LogP contribution is -2.03. The van der Waals surface area contributed by atoms with Crippen molar-refractivity contribution in [2.45, 2.75) is 196 Å². The maximum Gasteiger partial charge on any atom is 0.127 e. The van der Waals surface area contributed by atoms with Gasteiger partial charge in [0.15, 0.2) is 0 Å². The minimum atomic E-state index is 0.697. The van der Waals surface area contributed by atoms with Crippen LogP contribution in [0.1, 0.15) is 215 Å². The molecule has 0 fully saturated rings. The first-order valence-corrected chi connectivity index (χ1v) is 25.8. The van der Waals surface area contributed by atoms with Gasteiger partial charge in [-0.3, -0.25) is 0 Å². The van der Waals surface area contributed by atoms with E-state index in [1.54, 1.807) is 14.2 Å². The van der Waals surface area contributed by atoms with Crippen molar-refractivity contribution in [3.8, 4) is 34.5 Å². The van der Waals surface area contributed by atoms with Gasteiger partial charge in [0.25, 0.3) is 0 Å². The number of methoxy groups -OCH3 is 2. The van der Waals surface area contributed by atoms with Gasteiger partial charge in [-0.25, -0.2) is 0 Å². The van der Waals surface area contributed by atoms with Crippen LogP contribution in [0.5, 0.6) is 34.5 Å². The molecule has 0 radical (unpaired) electrons. The van der Waals surface area contributed by atoms with Crippen LogP contribution in [-0.2, 0) is 0 Å². The van der Waals surface area contributed by atoms with E-state index in [1.165, 1.54) is 128 Å². The normalized spacial score (nSPS) is 11.5. The van der Waals surface area contributed by atoms with Crippen molar-refractivity contribution in [2.75, 3.05) is 40.6 Å². The van der Waals surface area contributed by atoms with Crippen LogP contribution >= 0.6 is 0 Å². The Morgan fingerprint density at radius 2 is 0.531 bits per heavy atom. The molecule has 6 heteroatoms. The Labute approximate surface area is 391 Å². The molecule has 358 valence electrons. The molecular weight excluding hydrogens is 793 g/mol. The molecule has 0 aliphatic heterocycles. The van der Waals surface area contributed by atoms with Crippen LogP contribution in [0.2, 0.25) is 0 Å². The third-order valence-electron chi connectivity index (χ3n) is 12.1. The molecular formula is C58H90O6. The topological polar surface area (TPSA) is 55.4 Å². The Kier molecular flexibility index (Phi) is 29.1. The summed E-state index contributed by atoms with van der Waals surface area (Å²) in [7, 11) is 3.45. The summed E-state index contributed by atoms with van der Waals surface area (Å²) in [5.74, 6) is 5.08. The van der Waals surface area contributed by atoms with E-state index in [9.17, 15) is 0 Å². The average Bonchev–Trinajstić information content (AvgIpc) is 3.30. The highest BCUT2D eigenvalue weighted by atomic mass is 16.5. The molecule has 0 aromatic heterocycles. The highest BCUT2D eigenvalue weighted by Gasteiger charge is 2.14. The monoisotopic (exact) mass is 883 g/mol. The molecule has 0 amide bonds. The third-order valence-corrected chi connectivity index (χ3v) is 12.1. The summed E-state index contributed by atoms with van der Waals surface area (Å²) in [4.78, 5) is 0. The minimum absolute atomic E-state index is 0.697. The summed E-state index contributed by atoms with van der Waals surface area (Å²) in [6.07, 6.45) is 37.9. The fourth-order valence-electron chi connectivity index (χ4n) is 8.00. The molecule has 0 aliphatic carbocycles. The van der Waals surface area contributed by atoms with Crippen LogP contribution in [0.3, 0.4) is 0 Å². The Bertz CT molecular complexity index is 1610. The predicted molar refractivity (Wildman–Crippen MR) is 275 cm³/mol. The van der Waals surface area contributed by atoms with Gasteiger partial charge in [-0.15, -0.1) is 0 Å². The molecule has 3 aromatic rings. The van der Waals surface area contributed by atoms with Crippen molar-refractivity contribution in [3.05, 3.63) is 69.8 Å². The number of hydrogen-bond acceptors (Lipinski definition) is 6. The molecule has 0 unspecified atom stereocenters. The highest BCUT2D eigenvalue weighted by Crippen LogP contribution is 2.36. The quantitative estimate of drug-likeness (QED) is 0.0422. The molecule has 64 heavy (non-hydrogen) atoms. The Balaban J connectivity index is 1.88. The summed E-state index contributed by atoms with van der Waals surface area (Å²) in [6, 6.07) is 12.7. The van der Waals surface area contributed by atoms with Crippen molar-refractivity contribution >= 4 is 24.3 Å². The molecule has 0 spiro atoms. The van der Waals surface area contributed by atoms with Crippen molar-refractivity contribution in [1.82, 2.24) is 0 Å². The van der Waals surface area contributed by atoms with Gasteiger partial charge < -0.3 is 28.4 Å². The summed E-state index contributed by atoms with van der Waals surface area (Å²) in [6.45, 7) is 16.1. The number of aryl methyl sites for hydroxylation is 2. The van der Waals surface area contributed by atoms with Gasteiger partial charge in [-0.2, -0.15) is 0 Å². The van der Waals surface area contributed by atoms with Crippen LogP contribution in [0.25, 0.3) is 24.3 Å². The molecule has 0 heterocycles. The zero-order valence-corrected chi connectivity index (χ0v) is 42.0. The third kappa shape index (κ3) is 21.3. The highest BCUT2D eigenvalue weighted by molar-refractivity contribution is 5.81. The van der Waals surface area contributed by atoms with Crippen LogP contribution in [0, 0.1) is 13.8 Å². The van der Waals surface area contributed by atoms with E-state index in [0.29, 0.717) is 13.2 Å². The van der Waals surface area contributed by atoms with Crippen molar-refractivity contribution in [2.24, 2.45) is 0 Å². The molecule has 3 aromatic carbocycles. The lowest BCUT2D eigenvalue weighted by Gasteiger charge is -2.16. The maximum atomic E-state index is 6.47. The van der Waals surface area contributed by atoms with E-state index in [4.69, 9.17) is 28.4 Å². The SMILES string of the molecule is CCCCCCCCOc1cc(/C=C/c2cc(OC)c(/C=C/c3cc(OCCCCCCCC)c(C)cc3OCCCCCCCC)cc2OC)c(OCCCCCCCC)cc1C. The molecule has 3 rings (SSSR count). The molecule has 0 saturated heterocycles. The molecule has 6 nitrogen and oxygen atoms in total. The van der Waals surface area contributed by atoms with Crippen molar-refractivity contribution in [1.29, 1.82) is 0 Å². The van der Waals surface area contributed by atoms with E-state index >= 15 is 0 Å². The molecule has 0 atom stereocenters. The Morgan fingerprint density at radius 3 is 0.812 bits per heavy atom. The van der Waals surface area contributed by atoms with Crippen LogP contribution < -0.4 is 28.4 Å². The number of rotatable bonds is 38. The van der Waals surface area contributed by atoms with Gasteiger partial charge in [0.2, 0.25) is 0 Å². The largest absolute Gasteiger partial charge is 0.496 e. The van der Waals surface area contributed by atoms with E-state index < -0.39 is 0 Å². The minimum Gasteiger partial charge on any atom is -0.496 e. The van der Waals surface area contributed by atoms with Crippen LogP contribution in [-0.4, -0.2) is 40.6 Å². The fourth-order valence-corrected chi connectivity index (χ4v) is 8.00. The van der Waals surface area contributed by atoms with Crippen LogP contribution in [0.15, 0.2) is 36.4 Å². The van der Waals surface area contributed by atoms with E-state index in [-0.39, 0.29) is 0 Å². The van der Waals surface area contributed by atoms with Gasteiger partial charge in [-0.05, 0) is 87.1 Å². The number of unbranched alkanes of at least 4 members (excludes halogenated alkanes) is 20. The van der Waals surface area contributed by atoms with Gasteiger partial charge in [0.05, 0.1) is 40.6 Å². The summed E-state index contributed by atoms with van der Waals surface area (Å²) < 4.78 is 37.8. The molecule has 0 aliphatic rings. The Morgan fingerprint density at radius 1 is 0.297 bits per heavy atom. The zero-order valence-electron chi connectivity index (χ0n) is 42.0. The van der Waals surface area contributed by atoms with Gasteiger partial charge in [0.1, 0.15) is 34.5 Å². The summed E-state index contributed by atoms with van der Waals surface area (Å²) >= 11 is 0. The van der Waals surface area contributed by atoms with Gasteiger partial charge >= 0.3 is 0 Å². The second kappa shape index (κ2) is 34.3. The lowest BCUT2D eigenvalue weighted by atomic mass is 10.0. The lowest BCUT2D eigenvalue weighted by molar-refractivity contribution is 0.294. The summed E-state index contributed by atoms with van der Waals surface area (Å²) in [5.41, 5.74) is 5.99. The van der Waals surface area contributed by atoms with Crippen molar-refractivity contribution in [3.63, 3.8) is 0 Å². The van der Waals surface area contributed by atoms with E-state index in [2.05, 4.69) is 102 Å². The first kappa shape index (κ1) is 54.3. The Hall–Kier alpha value is -4.06. The smallest absolute Gasteiger partial charge is 0.127 e. The van der Waals surface area contributed by atoms with Gasteiger partial charge in [-0.1, -0.05) is 180 Å². The number of hydrogen-bond donors (Lipinski definition) is 0. The first-order chi connectivity index (χ1) is 31.4. The first-order valence-electron chi connectivity index (χ1n) is 25.8. The number of ether oxygens (including phenoxy) is 6. The fraction of sp³-hybridized carbons (Fsp3) is 0.621. The van der Waals surface area contributed by atoms with Crippen molar-refractivity contribution < 1.29 is 28.4 Å².